The number of carbonyl (C=O) groups is 2. The molecule has 38 heavy (non-hydrogen) atoms. The molecular formula is C32H37N3O3. The SMILES string of the molecule is O=C(CN(C(=O)Cc1ccccc1)C1CCN(C2CCCC2)CC1)Nc1ccc(Oc2ccccc2)cc1. The van der Waals surface area contributed by atoms with Gasteiger partial charge in [0.1, 0.15) is 18.0 Å². The summed E-state index contributed by atoms with van der Waals surface area (Å²) in [5.74, 6) is 1.29. The van der Waals surface area contributed by atoms with Crippen LogP contribution < -0.4 is 10.1 Å². The van der Waals surface area contributed by atoms with Crippen LogP contribution in [0.1, 0.15) is 44.1 Å². The van der Waals surface area contributed by atoms with E-state index in [-0.39, 0.29) is 24.4 Å². The van der Waals surface area contributed by atoms with Crippen LogP contribution in [0.4, 0.5) is 5.69 Å². The average molecular weight is 512 g/mol. The van der Waals surface area contributed by atoms with Gasteiger partial charge in [-0.1, -0.05) is 61.4 Å². The molecule has 6 nitrogen and oxygen atoms in total. The summed E-state index contributed by atoms with van der Waals surface area (Å²) in [5.41, 5.74) is 1.65. The van der Waals surface area contributed by atoms with Crippen LogP contribution >= 0.6 is 0 Å². The molecule has 0 aromatic heterocycles. The highest BCUT2D eigenvalue weighted by Gasteiger charge is 2.32. The number of hydrogen-bond donors (Lipinski definition) is 1. The number of nitrogens with zero attached hydrogens (tertiary/aromatic N) is 2. The number of rotatable bonds is 9. The van der Waals surface area contributed by atoms with E-state index < -0.39 is 0 Å². The highest BCUT2D eigenvalue weighted by atomic mass is 16.5. The van der Waals surface area contributed by atoms with Crippen molar-refractivity contribution in [3.05, 3.63) is 90.5 Å². The Kier molecular flexibility index (Phi) is 8.71. The van der Waals surface area contributed by atoms with E-state index in [0.29, 0.717) is 23.9 Å². The van der Waals surface area contributed by atoms with E-state index in [2.05, 4.69) is 10.2 Å². The van der Waals surface area contributed by atoms with Gasteiger partial charge in [-0.25, -0.2) is 0 Å². The van der Waals surface area contributed by atoms with Crippen LogP contribution in [-0.2, 0) is 16.0 Å². The minimum atomic E-state index is -0.179. The summed E-state index contributed by atoms with van der Waals surface area (Å²) in [6.45, 7) is 2.05. The average Bonchev–Trinajstić information content (AvgIpc) is 3.49. The lowest BCUT2D eigenvalue weighted by Crippen LogP contribution is -2.51. The molecule has 6 heteroatoms. The fourth-order valence-corrected chi connectivity index (χ4v) is 5.71. The lowest BCUT2D eigenvalue weighted by atomic mass is 9.99. The second kappa shape index (κ2) is 12.7. The van der Waals surface area contributed by atoms with Gasteiger partial charge in [0.25, 0.3) is 0 Å². The predicted octanol–water partition coefficient (Wildman–Crippen LogP) is 5.90. The number of benzene rings is 3. The van der Waals surface area contributed by atoms with Gasteiger partial charge in [-0.15, -0.1) is 0 Å². The molecule has 3 aromatic carbocycles. The van der Waals surface area contributed by atoms with Gasteiger partial charge >= 0.3 is 0 Å². The Labute approximate surface area is 225 Å². The molecule has 1 saturated carbocycles. The fourth-order valence-electron chi connectivity index (χ4n) is 5.71. The van der Waals surface area contributed by atoms with Crippen molar-refractivity contribution in [3.63, 3.8) is 0 Å². The topological polar surface area (TPSA) is 61.9 Å². The molecular weight excluding hydrogens is 474 g/mol. The molecule has 0 atom stereocenters. The van der Waals surface area contributed by atoms with Crippen molar-refractivity contribution in [2.45, 2.75) is 57.0 Å². The second-order valence-electron chi connectivity index (χ2n) is 10.4. The molecule has 198 valence electrons. The summed E-state index contributed by atoms with van der Waals surface area (Å²) in [6.07, 6.45) is 7.36. The number of nitrogens with one attached hydrogen (secondary N) is 1. The smallest absolute Gasteiger partial charge is 0.244 e. The van der Waals surface area contributed by atoms with Gasteiger partial charge in [-0.2, -0.15) is 0 Å². The Morgan fingerprint density at radius 1 is 0.789 bits per heavy atom. The maximum absolute atomic E-state index is 13.5. The molecule has 1 N–H and O–H groups in total. The van der Waals surface area contributed by atoms with Crippen molar-refractivity contribution in [1.29, 1.82) is 0 Å². The summed E-state index contributed by atoms with van der Waals surface area (Å²) in [4.78, 5) is 31.0. The fraction of sp³-hybridized carbons (Fsp3) is 0.375. The van der Waals surface area contributed by atoms with Gasteiger partial charge in [0.2, 0.25) is 11.8 Å². The number of ether oxygens (including phenoxy) is 1. The third-order valence-corrected chi connectivity index (χ3v) is 7.73. The second-order valence-corrected chi connectivity index (χ2v) is 10.4. The van der Waals surface area contributed by atoms with Crippen LogP contribution in [0.15, 0.2) is 84.9 Å². The summed E-state index contributed by atoms with van der Waals surface area (Å²) < 4.78 is 5.85. The van der Waals surface area contributed by atoms with Gasteiger partial charge in [0.05, 0.1) is 6.42 Å². The predicted molar refractivity (Wildman–Crippen MR) is 150 cm³/mol. The first-order valence-electron chi connectivity index (χ1n) is 13.8. The first-order chi connectivity index (χ1) is 18.6. The van der Waals surface area contributed by atoms with Crippen molar-refractivity contribution >= 4 is 17.5 Å². The minimum absolute atomic E-state index is 0.0114. The number of piperidine rings is 1. The number of hydrogen-bond acceptors (Lipinski definition) is 4. The van der Waals surface area contributed by atoms with E-state index in [9.17, 15) is 9.59 Å². The highest BCUT2D eigenvalue weighted by Crippen LogP contribution is 2.28. The number of para-hydroxylation sites is 1. The van der Waals surface area contributed by atoms with E-state index in [0.717, 1.165) is 37.2 Å². The van der Waals surface area contributed by atoms with Crippen molar-refractivity contribution < 1.29 is 14.3 Å². The summed E-state index contributed by atoms with van der Waals surface area (Å²) in [6, 6.07) is 27.5. The molecule has 0 radical (unpaired) electrons. The van der Waals surface area contributed by atoms with Crippen molar-refractivity contribution in [3.8, 4) is 11.5 Å². The Morgan fingerprint density at radius 2 is 1.39 bits per heavy atom. The van der Waals surface area contributed by atoms with Crippen LogP contribution in [0.25, 0.3) is 0 Å². The minimum Gasteiger partial charge on any atom is -0.457 e. The largest absolute Gasteiger partial charge is 0.457 e. The maximum Gasteiger partial charge on any atom is 0.244 e. The zero-order chi connectivity index (χ0) is 26.2. The van der Waals surface area contributed by atoms with Crippen LogP contribution in [0.5, 0.6) is 11.5 Å². The van der Waals surface area contributed by atoms with Crippen molar-refractivity contribution in [1.82, 2.24) is 9.80 Å². The van der Waals surface area contributed by atoms with Gasteiger partial charge in [0, 0.05) is 30.9 Å². The molecule has 1 aliphatic carbocycles. The molecule has 5 rings (SSSR count). The molecule has 0 spiro atoms. The molecule has 0 unspecified atom stereocenters. The van der Waals surface area contributed by atoms with Crippen LogP contribution in [0.3, 0.4) is 0 Å². The number of amides is 2. The summed E-state index contributed by atoms with van der Waals surface area (Å²) in [7, 11) is 0. The summed E-state index contributed by atoms with van der Waals surface area (Å²) >= 11 is 0. The van der Waals surface area contributed by atoms with Crippen LogP contribution in [-0.4, -0.2) is 53.3 Å². The Hall–Kier alpha value is -3.64. The first kappa shape index (κ1) is 26.0. The zero-order valence-electron chi connectivity index (χ0n) is 21.9. The normalized spacial score (nSPS) is 16.7. The van der Waals surface area contributed by atoms with E-state index >= 15 is 0 Å². The van der Waals surface area contributed by atoms with Crippen molar-refractivity contribution in [2.24, 2.45) is 0 Å². The van der Waals surface area contributed by atoms with Gasteiger partial charge in [-0.3, -0.25) is 9.59 Å². The molecule has 0 bridgehead atoms. The van der Waals surface area contributed by atoms with E-state index in [1.165, 1.54) is 25.7 Å². The lowest BCUT2D eigenvalue weighted by Gasteiger charge is -2.40. The van der Waals surface area contributed by atoms with E-state index in [4.69, 9.17) is 4.74 Å². The highest BCUT2D eigenvalue weighted by molar-refractivity contribution is 5.95. The maximum atomic E-state index is 13.5. The Balaban J connectivity index is 1.21. The lowest BCUT2D eigenvalue weighted by molar-refractivity contribution is -0.137. The van der Waals surface area contributed by atoms with Gasteiger partial charge in [0.15, 0.2) is 0 Å². The van der Waals surface area contributed by atoms with Gasteiger partial charge < -0.3 is 19.9 Å². The molecule has 1 aliphatic heterocycles. The van der Waals surface area contributed by atoms with E-state index in [1.807, 2.05) is 89.8 Å². The molecule has 2 amide bonds. The van der Waals surface area contributed by atoms with E-state index in [1.54, 1.807) is 0 Å². The third kappa shape index (κ3) is 7.01. The molecule has 3 aromatic rings. The summed E-state index contributed by atoms with van der Waals surface area (Å²) in [5, 5.41) is 2.98. The Bertz CT molecular complexity index is 1170. The molecule has 1 saturated heterocycles. The third-order valence-electron chi connectivity index (χ3n) is 7.73. The zero-order valence-corrected chi connectivity index (χ0v) is 21.9. The first-order valence-corrected chi connectivity index (χ1v) is 13.8. The monoisotopic (exact) mass is 511 g/mol. The van der Waals surface area contributed by atoms with Crippen LogP contribution in [0.2, 0.25) is 0 Å². The number of carbonyl (C=O) groups excluding carboxylic acids is 2. The molecule has 2 aliphatic rings. The standard InChI is InChI=1S/C32H37N3O3/c36-31(33-26-15-17-30(18-16-26)38-29-13-5-2-6-14-29)24-35(32(37)23-25-9-3-1-4-10-25)28-19-21-34(22-20-28)27-11-7-8-12-27/h1-6,9-10,13-18,27-28H,7-8,11-12,19-24H2,(H,33,36). The van der Waals surface area contributed by atoms with Gasteiger partial charge in [-0.05, 0) is 67.6 Å². The number of likely N-dealkylation sites (tertiary alicyclic amines) is 1. The van der Waals surface area contributed by atoms with Crippen molar-refractivity contribution in [2.75, 3.05) is 25.0 Å². The Morgan fingerprint density at radius 3 is 2.05 bits per heavy atom. The number of anilines is 1. The quantitative estimate of drug-likeness (QED) is 0.389. The van der Waals surface area contributed by atoms with Crippen LogP contribution in [0, 0.1) is 0 Å². The molecule has 2 fully saturated rings. The molecule has 1 heterocycles.